The summed E-state index contributed by atoms with van der Waals surface area (Å²) in [5.41, 5.74) is 3.06. The Bertz CT molecular complexity index is 825. The highest BCUT2D eigenvalue weighted by Gasteiger charge is 2.10. The number of carbonyl (C=O) groups excluding carboxylic acids is 1. The molecule has 0 aliphatic carbocycles. The van der Waals surface area contributed by atoms with Crippen molar-refractivity contribution in [3.05, 3.63) is 54.1 Å². The van der Waals surface area contributed by atoms with E-state index >= 15 is 0 Å². The molecule has 2 aromatic carbocycles. The Morgan fingerprint density at radius 1 is 1.20 bits per heavy atom. The van der Waals surface area contributed by atoms with Crippen LogP contribution in [0.4, 0.5) is 5.69 Å². The lowest BCUT2D eigenvalue weighted by atomic mass is 10.0. The van der Waals surface area contributed by atoms with Crippen LogP contribution in [0.1, 0.15) is 24.2 Å². The number of esters is 1. The smallest absolute Gasteiger partial charge is 0.338 e. The van der Waals surface area contributed by atoms with Crippen LogP contribution in [-0.2, 0) is 4.74 Å². The zero-order valence-electron chi connectivity index (χ0n) is 14.3. The maximum Gasteiger partial charge on any atom is 0.338 e. The van der Waals surface area contributed by atoms with Crippen molar-refractivity contribution in [3.63, 3.8) is 0 Å². The number of nitrogens with zero attached hydrogens (tertiary/aromatic N) is 2. The lowest BCUT2D eigenvalue weighted by Crippen LogP contribution is -2.12. The van der Waals surface area contributed by atoms with Crippen molar-refractivity contribution in [1.29, 1.82) is 5.26 Å². The molecule has 2 aromatic rings. The molecule has 0 saturated carbocycles. The minimum atomic E-state index is -0.339. The summed E-state index contributed by atoms with van der Waals surface area (Å²) in [4.78, 5) is 16.5. The number of ether oxygens (including phenoxy) is 1. The number of hydrogen-bond acceptors (Lipinski definition) is 5. The van der Waals surface area contributed by atoms with Crippen LogP contribution in [0.2, 0.25) is 0 Å². The lowest BCUT2D eigenvalue weighted by Gasteiger charge is -2.09. The molecule has 0 aromatic heterocycles. The van der Waals surface area contributed by atoms with Crippen LogP contribution in [-0.4, -0.2) is 23.5 Å². The molecular weight excluding hydrogens is 334 g/mol. The summed E-state index contributed by atoms with van der Waals surface area (Å²) < 4.78 is 5.24. The highest BCUT2D eigenvalue weighted by Crippen LogP contribution is 2.25. The van der Waals surface area contributed by atoms with Crippen molar-refractivity contribution < 1.29 is 9.53 Å². The normalized spacial score (nSPS) is 11.1. The third-order valence-corrected chi connectivity index (χ3v) is 3.79. The minimum absolute atomic E-state index is 0.161. The van der Waals surface area contributed by atoms with E-state index in [0.717, 1.165) is 16.8 Å². The zero-order valence-corrected chi connectivity index (χ0v) is 15.1. The van der Waals surface area contributed by atoms with E-state index in [1.807, 2.05) is 62.7 Å². The van der Waals surface area contributed by atoms with Gasteiger partial charge in [0.05, 0.1) is 17.4 Å². The van der Waals surface area contributed by atoms with E-state index in [1.54, 1.807) is 12.1 Å². The molecule has 0 amide bonds. The van der Waals surface area contributed by atoms with Gasteiger partial charge in [0.2, 0.25) is 0 Å². The third kappa shape index (κ3) is 5.37. The summed E-state index contributed by atoms with van der Waals surface area (Å²) in [6.45, 7) is 3.64. The van der Waals surface area contributed by atoms with Gasteiger partial charge < -0.3 is 4.74 Å². The van der Waals surface area contributed by atoms with Gasteiger partial charge in [-0.05, 0) is 55.5 Å². The number of rotatable bonds is 4. The summed E-state index contributed by atoms with van der Waals surface area (Å²) >= 11 is 1.36. The summed E-state index contributed by atoms with van der Waals surface area (Å²) in [5.74, 6) is -0.339. The van der Waals surface area contributed by atoms with E-state index in [1.165, 1.54) is 11.8 Å². The summed E-state index contributed by atoms with van der Waals surface area (Å²) in [6, 6.07) is 14.9. The average molecular weight is 353 g/mol. The van der Waals surface area contributed by atoms with Gasteiger partial charge in [-0.15, -0.1) is 0 Å². The first kappa shape index (κ1) is 18.6. The molecule has 128 valence electrons. The van der Waals surface area contributed by atoms with Gasteiger partial charge in [0.1, 0.15) is 0 Å². The molecule has 0 bridgehead atoms. The van der Waals surface area contributed by atoms with Crippen molar-refractivity contribution in [2.75, 3.05) is 6.26 Å². The molecule has 0 fully saturated rings. The fourth-order valence-corrected chi connectivity index (χ4v) is 2.50. The van der Waals surface area contributed by atoms with Crippen molar-refractivity contribution >= 4 is 28.6 Å². The average Bonchev–Trinajstić information content (AvgIpc) is 2.61. The number of carbonyl (C=O) groups is 1. The summed E-state index contributed by atoms with van der Waals surface area (Å²) in [7, 11) is 0. The van der Waals surface area contributed by atoms with Crippen molar-refractivity contribution in [2.24, 2.45) is 4.99 Å². The first-order valence-electron chi connectivity index (χ1n) is 7.72. The molecule has 0 saturated heterocycles. The van der Waals surface area contributed by atoms with Crippen molar-refractivity contribution in [3.8, 4) is 17.3 Å². The molecule has 25 heavy (non-hydrogen) atoms. The first-order chi connectivity index (χ1) is 12.0. The molecule has 1 N–H and O–H groups in total. The molecule has 6 heteroatoms. The number of thioether (sulfide) groups is 1. The highest BCUT2D eigenvalue weighted by molar-refractivity contribution is 8.13. The molecule has 0 spiro atoms. The van der Waals surface area contributed by atoms with E-state index in [4.69, 9.17) is 10.00 Å². The Kier molecular flexibility index (Phi) is 6.61. The molecule has 0 radical (unpaired) electrons. The second kappa shape index (κ2) is 8.90. The molecule has 5 nitrogen and oxygen atoms in total. The first-order valence-corrected chi connectivity index (χ1v) is 8.95. The monoisotopic (exact) mass is 353 g/mol. The molecule has 0 atom stereocenters. The number of aliphatic imine (C=N–C) groups is 1. The number of benzene rings is 2. The maximum atomic E-state index is 12.1. The molecule has 0 aliphatic rings. The van der Waals surface area contributed by atoms with Gasteiger partial charge in [0.25, 0.3) is 0 Å². The van der Waals surface area contributed by atoms with Crippen LogP contribution >= 0.6 is 11.8 Å². The van der Waals surface area contributed by atoms with Gasteiger partial charge in [0.15, 0.2) is 11.4 Å². The van der Waals surface area contributed by atoms with E-state index < -0.39 is 0 Å². The number of hydrogen-bond donors (Lipinski definition) is 1. The van der Waals surface area contributed by atoms with Crippen LogP contribution in [0.25, 0.3) is 11.1 Å². The molecular formula is C19H19N3O2S. The van der Waals surface area contributed by atoms with Crippen molar-refractivity contribution in [1.82, 2.24) is 5.32 Å². The van der Waals surface area contributed by atoms with E-state index in [2.05, 4.69) is 10.3 Å². The van der Waals surface area contributed by atoms with Gasteiger partial charge in [-0.2, -0.15) is 5.26 Å². The molecule has 0 heterocycles. The third-order valence-electron chi connectivity index (χ3n) is 3.21. The maximum absolute atomic E-state index is 12.1. The Hall–Kier alpha value is -2.78. The SMILES string of the molecule is CSC(=Nc1cccc(-c2cccc(C(=O)OC(C)C)c2)c1)NC#N. The van der Waals surface area contributed by atoms with Gasteiger partial charge in [-0.3, -0.25) is 5.32 Å². The van der Waals surface area contributed by atoms with E-state index in [-0.39, 0.29) is 12.1 Å². The van der Waals surface area contributed by atoms with Gasteiger partial charge in [0, 0.05) is 0 Å². The predicted molar refractivity (Wildman–Crippen MR) is 102 cm³/mol. The van der Waals surface area contributed by atoms with Crippen LogP contribution in [0.5, 0.6) is 0 Å². The van der Waals surface area contributed by atoms with Crippen LogP contribution in [0, 0.1) is 11.5 Å². The molecule has 0 aliphatic heterocycles. The zero-order chi connectivity index (χ0) is 18.2. The van der Waals surface area contributed by atoms with Crippen LogP contribution in [0.3, 0.4) is 0 Å². The summed E-state index contributed by atoms with van der Waals surface area (Å²) in [6.07, 6.45) is 3.55. The fourth-order valence-electron chi connectivity index (χ4n) is 2.15. The standard InChI is InChI=1S/C19H19N3O2S/c1-13(2)24-18(23)16-8-4-6-14(10-16)15-7-5-9-17(11-15)22-19(25-3)21-12-20/h4-11,13H,1-3H3,(H,21,22). The molecule has 0 unspecified atom stereocenters. The number of amidine groups is 1. The second-order valence-electron chi connectivity index (χ2n) is 5.44. The van der Waals surface area contributed by atoms with Crippen molar-refractivity contribution in [2.45, 2.75) is 20.0 Å². The Morgan fingerprint density at radius 3 is 2.52 bits per heavy atom. The topological polar surface area (TPSA) is 74.5 Å². The van der Waals surface area contributed by atoms with E-state index in [0.29, 0.717) is 10.7 Å². The quantitative estimate of drug-likeness (QED) is 0.291. The largest absolute Gasteiger partial charge is 0.459 e. The number of nitrogens with one attached hydrogen (secondary N) is 1. The Labute approximate surface area is 151 Å². The summed E-state index contributed by atoms with van der Waals surface area (Å²) in [5, 5.41) is 11.8. The predicted octanol–water partition coefficient (Wildman–Crippen LogP) is 4.34. The van der Waals surface area contributed by atoms with Crippen LogP contribution in [0.15, 0.2) is 53.5 Å². The van der Waals surface area contributed by atoms with E-state index in [9.17, 15) is 4.79 Å². The second-order valence-corrected chi connectivity index (χ2v) is 6.24. The van der Waals surface area contributed by atoms with Gasteiger partial charge in [-0.25, -0.2) is 9.79 Å². The van der Waals surface area contributed by atoms with Gasteiger partial charge in [-0.1, -0.05) is 36.0 Å². The fraction of sp³-hybridized carbons (Fsp3) is 0.211. The molecule has 2 rings (SSSR count). The number of nitriles is 1. The Balaban J connectivity index is 2.32. The lowest BCUT2D eigenvalue weighted by molar-refractivity contribution is 0.0378. The van der Waals surface area contributed by atoms with Gasteiger partial charge >= 0.3 is 5.97 Å². The minimum Gasteiger partial charge on any atom is -0.459 e. The van der Waals surface area contributed by atoms with Crippen LogP contribution < -0.4 is 5.32 Å². The highest BCUT2D eigenvalue weighted by atomic mass is 32.2. The Morgan fingerprint density at radius 2 is 1.88 bits per heavy atom.